The highest BCUT2D eigenvalue weighted by atomic mass is 35.5. The quantitative estimate of drug-likeness (QED) is 0.263. The highest BCUT2D eigenvalue weighted by Gasteiger charge is 2.41. The number of rotatable bonds is 10. The van der Waals surface area contributed by atoms with E-state index in [1.165, 1.54) is 12.1 Å². The molecule has 3 fully saturated rings. The Morgan fingerprint density at radius 3 is 2.44 bits per heavy atom. The highest BCUT2D eigenvalue weighted by molar-refractivity contribution is 6.40. The Balaban J connectivity index is 1.36. The number of nitrogens with two attached hydrogens (primary N) is 1. The van der Waals surface area contributed by atoms with E-state index in [2.05, 4.69) is 5.32 Å². The summed E-state index contributed by atoms with van der Waals surface area (Å²) in [6.07, 6.45) is -0.0452. The van der Waals surface area contributed by atoms with Gasteiger partial charge in [-0.3, -0.25) is 9.59 Å². The van der Waals surface area contributed by atoms with Gasteiger partial charge in [0.15, 0.2) is 5.60 Å². The van der Waals surface area contributed by atoms with Crippen LogP contribution in [-0.2, 0) is 22.3 Å². The third-order valence-electron chi connectivity index (χ3n) is 9.10. The van der Waals surface area contributed by atoms with Crippen molar-refractivity contribution in [1.29, 1.82) is 5.41 Å². The molecule has 1 saturated carbocycles. The van der Waals surface area contributed by atoms with Crippen molar-refractivity contribution in [3.8, 4) is 5.75 Å². The average molecular weight is 710 g/mol. The predicted molar refractivity (Wildman–Crippen MR) is 182 cm³/mol. The zero-order valence-electron chi connectivity index (χ0n) is 27.0. The van der Waals surface area contributed by atoms with Gasteiger partial charge in [-0.2, -0.15) is 13.2 Å². The van der Waals surface area contributed by atoms with Gasteiger partial charge in [-0.15, -0.1) is 0 Å². The molecule has 0 aromatic heterocycles. The zero-order chi connectivity index (χ0) is 34.8. The van der Waals surface area contributed by atoms with Crippen LogP contribution in [0, 0.1) is 11.3 Å². The van der Waals surface area contributed by atoms with Gasteiger partial charge in [0.1, 0.15) is 10.8 Å². The molecule has 1 atom stereocenters. The van der Waals surface area contributed by atoms with Crippen LogP contribution in [0.2, 0.25) is 10.0 Å². The van der Waals surface area contributed by atoms with Crippen molar-refractivity contribution < 1.29 is 27.5 Å². The largest absolute Gasteiger partial charge is 0.476 e. The topological polar surface area (TPSA) is 115 Å². The van der Waals surface area contributed by atoms with Crippen molar-refractivity contribution >= 4 is 52.5 Å². The minimum Gasteiger partial charge on any atom is -0.476 e. The molecule has 48 heavy (non-hydrogen) atoms. The Morgan fingerprint density at radius 2 is 1.81 bits per heavy atom. The number of nitrogens with one attached hydrogen (secondary N) is 2. The molecule has 2 saturated heterocycles. The summed E-state index contributed by atoms with van der Waals surface area (Å²) in [5.74, 6) is -0.588. The molecule has 2 aliphatic heterocycles. The monoisotopic (exact) mass is 708 g/mol. The maximum Gasteiger partial charge on any atom is 0.416 e. The normalized spacial score (nSPS) is 19.2. The van der Waals surface area contributed by atoms with Gasteiger partial charge in [-0.1, -0.05) is 35.3 Å². The van der Waals surface area contributed by atoms with Gasteiger partial charge in [-0.25, -0.2) is 0 Å². The minimum atomic E-state index is -4.67. The lowest BCUT2D eigenvalue weighted by Crippen LogP contribution is -2.54. The summed E-state index contributed by atoms with van der Waals surface area (Å²) in [4.78, 5) is 32.6. The van der Waals surface area contributed by atoms with Crippen molar-refractivity contribution in [3.05, 3.63) is 63.3 Å². The summed E-state index contributed by atoms with van der Waals surface area (Å²) in [5.41, 5.74) is 4.25. The number of anilines is 1. The van der Waals surface area contributed by atoms with E-state index in [1.807, 2.05) is 4.90 Å². The number of halogens is 5. The Bertz CT molecular complexity index is 1570. The third kappa shape index (κ3) is 7.87. The summed E-state index contributed by atoms with van der Waals surface area (Å²) in [5, 5.41) is 11.3. The number of hydrogen-bond acceptors (Lipinski definition) is 7. The highest BCUT2D eigenvalue weighted by Crippen LogP contribution is 2.44. The number of carbonyl (C=O) groups excluding carboxylic acids is 2. The van der Waals surface area contributed by atoms with Gasteiger partial charge in [0.05, 0.1) is 22.2 Å². The molecule has 2 aromatic carbocycles. The summed E-state index contributed by atoms with van der Waals surface area (Å²) >= 11 is 13.6. The van der Waals surface area contributed by atoms with E-state index in [0.717, 1.165) is 31.3 Å². The van der Waals surface area contributed by atoms with Crippen LogP contribution in [0.3, 0.4) is 0 Å². The molecule has 0 bridgehead atoms. The number of amides is 2. The molecular weight excluding hydrogens is 668 g/mol. The lowest BCUT2D eigenvalue weighted by molar-refractivity contribution is -0.146. The maximum atomic E-state index is 14.2. The fourth-order valence-corrected chi connectivity index (χ4v) is 7.07. The molecular formula is C34H41Cl2F3N6O3. The smallest absolute Gasteiger partial charge is 0.416 e. The molecule has 2 aromatic rings. The molecule has 2 heterocycles. The summed E-state index contributed by atoms with van der Waals surface area (Å²) < 4.78 is 48.9. The van der Waals surface area contributed by atoms with Crippen LogP contribution < -0.4 is 20.7 Å². The first-order chi connectivity index (χ1) is 22.7. The van der Waals surface area contributed by atoms with Crippen LogP contribution in [0.15, 0.2) is 36.5 Å². The summed E-state index contributed by atoms with van der Waals surface area (Å²) in [7, 11) is 0. The van der Waals surface area contributed by atoms with Gasteiger partial charge in [0.2, 0.25) is 5.91 Å². The first kappa shape index (κ1) is 35.8. The third-order valence-corrected chi connectivity index (χ3v) is 9.77. The van der Waals surface area contributed by atoms with Crippen molar-refractivity contribution in [3.63, 3.8) is 0 Å². The van der Waals surface area contributed by atoms with Gasteiger partial charge in [-0.05, 0) is 68.9 Å². The number of nitrogens with zero attached hydrogens (tertiary/aromatic N) is 3. The minimum absolute atomic E-state index is 0.0190. The van der Waals surface area contributed by atoms with Gasteiger partial charge in [0, 0.05) is 69.8 Å². The van der Waals surface area contributed by atoms with Crippen LogP contribution >= 0.6 is 23.2 Å². The number of alkyl halides is 3. The van der Waals surface area contributed by atoms with Crippen LogP contribution in [0.1, 0.15) is 56.2 Å². The number of hydrogen-bond donors (Lipinski definition) is 3. The van der Waals surface area contributed by atoms with E-state index in [4.69, 9.17) is 39.1 Å². The molecule has 0 spiro atoms. The fourth-order valence-electron chi connectivity index (χ4n) is 6.42. The SMILES string of the molecule is CC(C)(Oc1ccc(Cl)c(N2CCC[C@@H](C(=O)N(Cc3ccc(/C(C=N)=C/N)cc3C(F)(F)F)C3CC3)C2)c1Cl)C(=O)N1CCNCC1. The number of allylic oxidation sites excluding steroid dienone is 1. The van der Waals surface area contributed by atoms with Gasteiger partial charge in [0.25, 0.3) is 5.91 Å². The van der Waals surface area contributed by atoms with Crippen molar-refractivity contribution in [2.24, 2.45) is 11.7 Å². The molecule has 9 nitrogen and oxygen atoms in total. The molecule has 0 unspecified atom stereocenters. The lowest BCUT2D eigenvalue weighted by atomic mass is 9.94. The first-order valence-corrected chi connectivity index (χ1v) is 16.9. The lowest BCUT2D eigenvalue weighted by Gasteiger charge is -2.38. The zero-order valence-corrected chi connectivity index (χ0v) is 28.5. The first-order valence-electron chi connectivity index (χ1n) is 16.1. The van der Waals surface area contributed by atoms with Crippen molar-refractivity contribution in [2.45, 2.75) is 63.9 Å². The van der Waals surface area contributed by atoms with Crippen LogP contribution in [0.25, 0.3) is 5.57 Å². The number of carbonyl (C=O) groups is 2. The van der Waals surface area contributed by atoms with Crippen LogP contribution in [0.4, 0.5) is 18.9 Å². The summed E-state index contributed by atoms with van der Waals surface area (Å²) in [6.45, 7) is 6.59. The average Bonchev–Trinajstić information content (AvgIpc) is 3.91. The molecule has 5 rings (SSSR count). The molecule has 2 amide bonds. The van der Waals surface area contributed by atoms with Gasteiger partial charge >= 0.3 is 6.18 Å². The molecule has 3 aliphatic rings. The predicted octanol–water partition coefficient (Wildman–Crippen LogP) is 5.96. The molecule has 0 radical (unpaired) electrons. The number of piperidine rings is 1. The van der Waals surface area contributed by atoms with E-state index < -0.39 is 23.3 Å². The Hall–Kier alpha value is -3.48. The number of ether oxygens (including phenoxy) is 1. The molecule has 1 aliphatic carbocycles. The van der Waals surface area contributed by atoms with E-state index in [9.17, 15) is 22.8 Å². The molecule has 260 valence electrons. The van der Waals surface area contributed by atoms with Crippen LogP contribution in [0.5, 0.6) is 5.75 Å². The summed E-state index contributed by atoms with van der Waals surface area (Å²) in [6, 6.07) is 6.96. The maximum absolute atomic E-state index is 14.2. The van der Waals surface area contributed by atoms with E-state index in [0.29, 0.717) is 56.3 Å². The molecule has 4 N–H and O–H groups in total. The fraction of sp³-hybridized carbons (Fsp3) is 0.500. The van der Waals surface area contributed by atoms with E-state index in [1.54, 1.807) is 35.8 Å². The number of piperazine rings is 1. The number of benzene rings is 2. The van der Waals surface area contributed by atoms with E-state index >= 15 is 0 Å². The Labute approximate surface area is 288 Å². The van der Waals surface area contributed by atoms with Crippen LogP contribution in [-0.4, -0.2) is 78.7 Å². The van der Waals surface area contributed by atoms with E-state index in [-0.39, 0.29) is 58.4 Å². The Morgan fingerprint density at radius 1 is 1.10 bits per heavy atom. The second-order valence-corrected chi connectivity index (χ2v) is 13.8. The second kappa shape index (κ2) is 14.6. The Kier molecular flexibility index (Phi) is 10.9. The molecule has 14 heteroatoms. The standard InChI is InChI=1S/C34H41Cl2F3N6O3/c1-33(2,32(47)43-14-11-42-12-15-43)48-28-10-9-27(35)30(29(28)36)44-13-3-4-23(19-44)31(46)45(25-7-8-25)20-22-6-5-21(24(17-40)18-41)16-26(22)34(37,38)39/h5-6,9-10,16-18,23,25,40,42H,3-4,7-8,11-15,19-20,41H2,1-2H3/b24-18+,40-17?/t23-/m1/s1. The van der Waals surface area contributed by atoms with Gasteiger partial charge < -0.3 is 35.9 Å². The second-order valence-electron chi connectivity index (χ2n) is 13.0. The van der Waals surface area contributed by atoms with Crippen molar-refractivity contribution in [2.75, 3.05) is 44.2 Å². The van der Waals surface area contributed by atoms with Crippen molar-refractivity contribution in [1.82, 2.24) is 15.1 Å².